The second kappa shape index (κ2) is 7.78. The summed E-state index contributed by atoms with van der Waals surface area (Å²) in [7, 11) is 0. The van der Waals surface area contributed by atoms with Crippen LogP contribution in [0.15, 0.2) is 0 Å². The van der Waals surface area contributed by atoms with E-state index in [-0.39, 0.29) is 35.8 Å². The normalized spacial score (nSPS) is 22.0. The van der Waals surface area contributed by atoms with Crippen molar-refractivity contribution in [3.63, 3.8) is 0 Å². The van der Waals surface area contributed by atoms with Crippen molar-refractivity contribution < 1.29 is 14.7 Å². The number of carbonyl (C=O) groups excluding carboxylic acids is 2. The van der Waals surface area contributed by atoms with Gasteiger partial charge < -0.3 is 15.3 Å². The number of likely N-dealkylation sites (tertiary alicyclic amines) is 1. The molecule has 2 atom stereocenters. The standard InChI is InChI=1S/C16H30N2O3/c1-5-16(4,8-10-19)17-14(20)13-7-6-9-18(11-13)15(21)12(2)3/h12-13,19H,5-11H2,1-4H3,(H,17,20). The highest BCUT2D eigenvalue weighted by Crippen LogP contribution is 2.21. The van der Waals surface area contributed by atoms with Crippen molar-refractivity contribution in [1.82, 2.24) is 10.2 Å². The molecule has 1 rings (SSSR count). The van der Waals surface area contributed by atoms with Gasteiger partial charge >= 0.3 is 0 Å². The Morgan fingerprint density at radius 1 is 1.43 bits per heavy atom. The van der Waals surface area contributed by atoms with Gasteiger partial charge in [-0.15, -0.1) is 0 Å². The lowest BCUT2D eigenvalue weighted by molar-refractivity contribution is -0.138. The van der Waals surface area contributed by atoms with Gasteiger partial charge in [-0.2, -0.15) is 0 Å². The maximum absolute atomic E-state index is 12.5. The van der Waals surface area contributed by atoms with E-state index in [0.29, 0.717) is 13.0 Å². The second-order valence-corrected chi connectivity index (χ2v) is 6.66. The molecular formula is C16H30N2O3. The van der Waals surface area contributed by atoms with Crippen LogP contribution in [-0.4, -0.2) is 47.1 Å². The van der Waals surface area contributed by atoms with Crippen LogP contribution < -0.4 is 5.32 Å². The Morgan fingerprint density at radius 2 is 2.10 bits per heavy atom. The van der Waals surface area contributed by atoms with Crippen molar-refractivity contribution in [2.45, 2.75) is 58.9 Å². The van der Waals surface area contributed by atoms with Gasteiger partial charge in [0.2, 0.25) is 11.8 Å². The molecule has 0 bridgehead atoms. The predicted octanol–water partition coefficient (Wildman–Crippen LogP) is 1.55. The van der Waals surface area contributed by atoms with E-state index in [4.69, 9.17) is 5.11 Å². The number of nitrogens with zero attached hydrogens (tertiary/aromatic N) is 1. The van der Waals surface area contributed by atoms with Gasteiger partial charge in [0.25, 0.3) is 0 Å². The molecule has 0 aromatic heterocycles. The molecule has 2 unspecified atom stereocenters. The molecule has 5 nitrogen and oxygen atoms in total. The smallest absolute Gasteiger partial charge is 0.225 e. The average Bonchev–Trinajstić information content (AvgIpc) is 2.46. The number of hydrogen-bond acceptors (Lipinski definition) is 3. The van der Waals surface area contributed by atoms with Crippen LogP contribution in [0.3, 0.4) is 0 Å². The van der Waals surface area contributed by atoms with Crippen LogP contribution >= 0.6 is 0 Å². The minimum atomic E-state index is -0.365. The van der Waals surface area contributed by atoms with E-state index in [9.17, 15) is 9.59 Å². The first kappa shape index (κ1) is 18.0. The molecule has 0 saturated carbocycles. The van der Waals surface area contributed by atoms with Crippen LogP contribution in [-0.2, 0) is 9.59 Å². The molecule has 1 saturated heterocycles. The molecule has 21 heavy (non-hydrogen) atoms. The third kappa shape index (κ3) is 4.99. The molecule has 5 heteroatoms. The lowest BCUT2D eigenvalue weighted by atomic mass is 9.91. The summed E-state index contributed by atoms with van der Waals surface area (Å²) in [6.45, 7) is 9.08. The van der Waals surface area contributed by atoms with Gasteiger partial charge in [0.15, 0.2) is 0 Å². The lowest BCUT2D eigenvalue weighted by Gasteiger charge is -2.36. The summed E-state index contributed by atoms with van der Waals surface area (Å²) in [5, 5.41) is 12.2. The molecule has 1 aliphatic heterocycles. The van der Waals surface area contributed by atoms with Crippen LogP contribution in [0.2, 0.25) is 0 Å². The van der Waals surface area contributed by atoms with Gasteiger partial charge in [-0.25, -0.2) is 0 Å². The lowest BCUT2D eigenvalue weighted by Crippen LogP contribution is -2.52. The van der Waals surface area contributed by atoms with Crippen LogP contribution in [0.1, 0.15) is 53.4 Å². The van der Waals surface area contributed by atoms with Gasteiger partial charge in [-0.3, -0.25) is 9.59 Å². The monoisotopic (exact) mass is 298 g/mol. The number of rotatable bonds is 6. The Labute approximate surface area is 128 Å². The third-order valence-electron chi connectivity index (χ3n) is 4.47. The highest BCUT2D eigenvalue weighted by molar-refractivity contribution is 5.82. The van der Waals surface area contributed by atoms with E-state index in [1.807, 2.05) is 32.6 Å². The number of piperidine rings is 1. The summed E-state index contributed by atoms with van der Waals surface area (Å²) in [5.41, 5.74) is -0.365. The number of nitrogens with one attached hydrogen (secondary N) is 1. The number of amides is 2. The zero-order valence-corrected chi connectivity index (χ0v) is 13.8. The topological polar surface area (TPSA) is 69.6 Å². The molecule has 1 aliphatic rings. The minimum absolute atomic E-state index is 0.00839. The van der Waals surface area contributed by atoms with Crippen molar-refractivity contribution in [2.24, 2.45) is 11.8 Å². The number of carbonyl (C=O) groups is 2. The summed E-state index contributed by atoms with van der Waals surface area (Å²) in [5.74, 6) is -0.0247. The summed E-state index contributed by atoms with van der Waals surface area (Å²) < 4.78 is 0. The van der Waals surface area contributed by atoms with Gasteiger partial charge in [-0.1, -0.05) is 20.8 Å². The highest BCUT2D eigenvalue weighted by Gasteiger charge is 2.32. The Balaban J connectivity index is 2.63. The van der Waals surface area contributed by atoms with E-state index in [1.54, 1.807) is 0 Å². The molecule has 0 aromatic rings. The zero-order valence-electron chi connectivity index (χ0n) is 13.8. The summed E-state index contributed by atoms with van der Waals surface area (Å²) in [6.07, 6.45) is 3.03. The van der Waals surface area contributed by atoms with Crippen molar-refractivity contribution in [3.05, 3.63) is 0 Å². The number of hydrogen-bond donors (Lipinski definition) is 2. The first-order valence-electron chi connectivity index (χ1n) is 8.04. The van der Waals surface area contributed by atoms with Crippen LogP contribution in [0, 0.1) is 11.8 Å². The van der Waals surface area contributed by atoms with E-state index >= 15 is 0 Å². The molecule has 2 N–H and O–H groups in total. The molecule has 1 heterocycles. The molecule has 0 spiro atoms. The van der Waals surface area contributed by atoms with E-state index in [1.165, 1.54) is 0 Å². The van der Waals surface area contributed by atoms with E-state index in [0.717, 1.165) is 25.8 Å². The highest BCUT2D eigenvalue weighted by atomic mass is 16.3. The van der Waals surface area contributed by atoms with Gasteiger partial charge in [0, 0.05) is 31.2 Å². The summed E-state index contributed by atoms with van der Waals surface area (Å²) >= 11 is 0. The Hall–Kier alpha value is -1.10. The van der Waals surface area contributed by atoms with E-state index < -0.39 is 0 Å². The van der Waals surface area contributed by atoms with Crippen molar-refractivity contribution in [3.8, 4) is 0 Å². The fraction of sp³-hybridized carbons (Fsp3) is 0.875. The first-order chi connectivity index (χ1) is 9.83. The molecule has 2 amide bonds. The van der Waals surface area contributed by atoms with Crippen LogP contribution in [0.4, 0.5) is 0 Å². The maximum atomic E-state index is 12.5. The zero-order chi connectivity index (χ0) is 16.0. The van der Waals surface area contributed by atoms with Crippen molar-refractivity contribution in [1.29, 1.82) is 0 Å². The molecule has 0 aliphatic carbocycles. The third-order valence-corrected chi connectivity index (χ3v) is 4.47. The SMILES string of the molecule is CCC(C)(CCO)NC(=O)C1CCCN(C(=O)C(C)C)C1. The minimum Gasteiger partial charge on any atom is -0.396 e. The first-order valence-corrected chi connectivity index (χ1v) is 8.04. The number of aliphatic hydroxyl groups excluding tert-OH is 1. The van der Waals surface area contributed by atoms with Gasteiger partial charge in [0.1, 0.15) is 0 Å². The summed E-state index contributed by atoms with van der Waals surface area (Å²) in [4.78, 5) is 26.3. The molecule has 1 fully saturated rings. The molecule has 0 radical (unpaired) electrons. The van der Waals surface area contributed by atoms with Gasteiger partial charge in [0.05, 0.1) is 5.92 Å². The fourth-order valence-corrected chi connectivity index (χ4v) is 2.73. The maximum Gasteiger partial charge on any atom is 0.225 e. The quantitative estimate of drug-likeness (QED) is 0.781. The van der Waals surface area contributed by atoms with Crippen molar-refractivity contribution in [2.75, 3.05) is 19.7 Å². The van der Waals surface area contributed by atoms with Crippen molar-refractivity contribution >= 4 is 11.8 Å². The second-order valence-electron chi connectivity index (χ2n) is 6.66. The molecule has 0 aromatic carbocycles. The predicted molar refractivity (Wildman–Crippen MR) is 82.7 cm³/mol. The van der Waals surface area contributed by atoms with Gasteiger partial charge in [-0.05, 0) is 32.6 Å². The average molecular weight is 298 g/mol. The molecular weight excluding hydrogens is 268 g/mol. The Morgan fingerprint density at radius 3 is 2.62 bits per heavy atom. The summed E-state index contributed by atoms with van der Waals surface area (Å²) in [6, 6.07) is 0. The molecule has 122 valence electrons. The fourth-order valence-electron chi connectivity index (χ4n) is 2.73. The van der Waals surface area contributed by atoms with Crippen LogP contribution in [0.25, 0.3) is 0 Å². The Kier molecular flexibility index (Phi) is 6.65. The van der Waals surface area contributed by atoms with E-state index in [2.05, 4.69) is 5.32 Å². The Bertz CT molecular complexity index is 371. The largest absolute Gasteiger partial charge is 0.396 e. The van der Waals surface area contributed by atoms with Crippen LogP contribution in [0.5, 0.6) is 0 Å². The number of aliphatic hydroxyl groups is 1.